The topological polar surface area (TPSA) is 29.3 Å². The molecule has 2 nitrogen and oxygen atoms in total. The van der Waals surface area contributed by atoms with Crippen molar-refractivity contribution in [3.8, 4) is 0 Å². The zero-order valence-electron chi connectivity index (χ0n) is 11.7. The van der Waals surface area contributed by atoms with Crippen molar-refractivity contribution in [2.45, 2.75) is 51.7 Å². The summed E-state index contributed by atoms with van der Waals surface area (Å²) in [5.41, 5.74) is 9.03. The van der Waals surface area contributed by atoms with Crippen LogP contribution in [0.2, 0.25) is 5.02 Å². The third kappa shape index (κ3) is 2.56. The van der Waals surface area contributed by atoms with Crippen molar-refractivity contribution in [1.29, 1.82) is 0 Å². The van der Waals surface area contributed by atoms with E-state index < -0.39 is 0 Å². The second-order valence-corrected chi connectivity index (χ2v) is 6.70. The van der Waals surface area contributed by atoms with Gasteiger partial charge in [0, 0.05) is 23.1 Å². The van der Waals surface area contributed by atoms with Crippen LogP contribution in [0, 0.1) is 6.92 Å². The van der Waals surface area contributed by atoms with Crippen LogP contribution in [0.1, 0.15) is 44.4 Å². The highest BCUT2D eigenvalue weighted by Crippen LogP contribution is 2.38. The summed E-state index contributed by atoms with van der Waals surface area (Å²) in [4.78, 5) is 2.51. The Morgan fingerprint density at radius 2 is 2.00 bits per heavy atom. The first-order valence-electron chi connectivity index (χ1n) is 6.59. The first-order chi connectivity index (χ1) is 8.30. The molecule has 0 spiro atoms. The zero-order chi connectivity index (χ0) is 13.5. The maximum absolute atomic E-state index is 6.33. The van der Waals surface area contributed by atoms with Gasteiger partial charge in [-0.05, 0) is 57.4 Å². The predicted molar refractivity (Wildman–Crippen MR) is 78.0 cm³/mol. The molecule has 2 unspecified atom stereocenters. The summed E-state index contributed by atoms with van der Waals surface area (Å²) in [5.74, 6) is 0. The number of halogens is 1. The van der Waals surface area contributed by atoms with Crippen molar-refractivity contribution in [1.82, 2.24) is 4.90 Å². The van der Waals surface area contributed by atoms with E-state index in [2.05, 4.69) is 38.7 Å². The molecule has 1 aliphatic rings. The van der Waals surface area contributed by atoms with Gasteiger partial charge in [-0.1, -0.05) is 17.7 Å². The maximum atomic E-state index is 6.33. The quantitative estimate of drug-likeness (QED) is 0.843. The molecule has 100 valence electrons. The highest BCUT2D eigenvalue weighted by atomic mass is 35.5. The Morgan fingerprint density at radius 1 is 1.33 bits per heavy atom. The number of hydrogen-bond acceptors (Lipinski definition) is 2. The molecule has 3 heteroatoms. The van der Waals surface area contributed by atoms with Gasteiger partial charge in [0.1, 0.15) is 0 Å². The van der Waals surface area contributed by atoms with Crippen molar-refractivity contribution in [3.05, 3.63) is 34.3 Å². The predicted octanol–water partition coefficient (Wildman–Crippen LogP) is 3.52. The molecule has 1 fully saturated rings. The lowest BCUT2D eigenvalue weighted by Gasteiger charge is -2.38. The Morgan fingerprint density at radius 3 is 2.56 bits per heavy atom. The van der Waals surface area contributed by atoms with E-state index in [4.69, 9.17) is 17.3 Å². The summed E-state index contributed by atoms with van der Waals surface area (Å²) in [7, 11) is 0. The fourth-order valence-corrected chi connectivity index (χ4v) is 3.17. The van der Waals surface area contributed by atoms with E-state index in [1.54, 1.807) is 0 Å². The number of nitrogens with zero attached hydrogens (tertiary/aromatic N) is 1. The average Bonchev–Trinajstić information content (AvgIpc) is 2.60. The Balaban J connectivity index is 2.40. The number of rotatable bonds is 1. The van der Waals surface area contributed by atoms with Crippen LogP contribution in [0.4, 0.5) is 0 Å². The number of hydrogen-bond donors (Lipinski definition) is 1. The van der Waals surface area contributed by atoms with Crippen LogP contribution >= 0.6 is 11.6 Å². The lowest BCUT2D eigenvalue weighted by Crippen LogP contribution is -2.43. The molecule has 0 aliphatic carbocycles. The van der Waals surface area contributed by atoms with Crippen LogP contribution in [-0.2, 0) is 0 Å². The maximum Gasteiger partial charge on any atom is 0.0507 e. The van der Waals surface area contributed by atoms with E-state index >= 15 is 0 Å². The fraction of sp³-hybridized carbons (Fsp3) is 0.600. The Bertz CT molecular complexity index is 437. The largest absolute Gasteiger partial charge is 0.326 e. The van der Waals surface area contributed by atoms with Crippen LogP contribution < -0.4 is 5.73 Å². The molecule has 0 bridgehead atoms. The minimum Gasteiger partial charge on any atom is -0.326 e. The first-order valence-corrected chi connectivity index (χ1v) is 6.97. The average molecular weight is 267 g/mol. The molecule has 2 atom stereocenters. The molecule has 18 heavy (non-hydrogen) atoms. The number of aryl methyl sites for hydroxylation is 1. The first kappa shape index (κ1) is 13.9. The number of benzene rings is 1. The van der Waals surface area contributed by atoms with Gasteiger partial charge < -0.3 is 5.73 Å². The molecule has 0 radical (unpaired) electrons. The van der Waals surface area contributed by atoms with Gasteiger partial charge in [0.2, 0.25) is 0 Å². The van der Waals surface area contributed by atoms with Crippen LogP contribution in [0.15, 0.2) is 18.2 Å². The molecular formula is C15H23ClN2. The minimum absolute atomic E-state index is 0.144. The number of nitrogens with two attached hydrogens (primary N) is 1. The van der Waals surface area contributed by atoms with Crippen LogP contribution in [0.5, 0.6) is 0 Å². The zero-order valence-corrected chi connectivity index (χ0v) is 12.5. The molecule has 1 saturated heterocycles. The van der Waals surface area contributed by atoms with Gasteiger partial charge in [0.25, 0.3) is 0 Å². The summed E-state index contributed by atoms with van der Waals surface area (Å²) in [6.07, 6.45) is 1.06. The van der Waals surface area contributed by atoms with Crippen molar-refractivity contribution in [3.63, 3.8) is 0 Å². The molecule has 0 saturated carbocycles. The Kier molecular flexibility index (Phi) is 3.72. The standard InChI is InChI=1S/C15H23ClN2/c1-10-9-11(16)5-6-12(10)14-13(17)7-8-18(14)15(2,3)4/h5-6,9,13-14H,7-8,17H2,1-4H3. The highest BCUT2D eigenvalue weighted by molar-refractivity contribution is 6.30. The summed E-state index contributed by atoms with van der Waals surface area (Å²) in [6, 6.07) is 6.65. The van der Waals surface area contributed by atoms with Gasteiger partial charge in [-0.2, -0.15) is 0 Å². The lowest BCUT2D eigenvalue weighted by atomic mass is 9.94. The van der Waals surface area contributed by atoms with Crippen LogP contribution in [0.3, 0.4) is 0 Å². The summed E-state index contributed by atoms with van der Waals surface area (Å²) < 4.78 is 0. The SMILES string of the molecule is Cc1cc(Cl)ccc1C1C(N)CCN1C(C)(C)C. The smallest absolute Gasteiger partial charge is 0.0507 e. The van der Waals surface area contributed by atoms with Gasteiger partial charge >= 0.3 is 0 Å². The van der Waals surface area contributed by atoms with Gasteiger partial charge in [-0.25, -0.2) is 0 Å². The molecule has 1 aliphatic heterocycles. The molecule has 1 aromatic carbocycles. The van der Waals surface area contributed by atoms with Gasteiger partial charge in [-0.15, -0.1) is 0 Å². The molecule has 1 heterocycles. The van der Waals surface area contributed by atoms with Crippen LogP contribution in [0.25, 0.3) is 0 Å². The fourth-order valence-electron chi connectivity index (χ4n) is 2.94. The molecule has 0 aromatic heterocycles. The lowest BCUT2D eigenvalue weighted by molar-refractivity contribution is 0.116. The normalized spacial score (nSPS) is 25.7. The van der Waals surface area contributed by atoms with E-state index in [1.165, 1.54) is 11.1 Å². The summed E-state index contributed by atoms with van der Waals surface area (Å²) in [6.45, 7) is 9.94. The van der Waals surface area contributed by atoms with Crippen molar-refractivity contribution in [2.24, 2.45) is 5.73 Å². The molecule has 0 amide bonds. The number of likely N-dealkylation sites (tertiary alicyclic amines) is 1. The summed E-state index contributed by atoms with van der Waals surface area (Å²) >= 11 is 6.04. The van der Waals surface area contributed by atoms with E-state index in [0.29, 0.717) is 6.04 Å². The van der Waals surface area contributed by atoms with E-state index in [1.807, 2.05) is 12.1 Å². The molecule has 2 N–H and O–H groups in total. The molecular weight excluding hydrogens is 244 g/mol. The third-order valence-corrected chi connectivity index (χ3v) is 4.09. The minimum atomic E-state index is 0.144. The van der Waals surface area contributed by atoms with E-state index in [0.717, 1.165) is 18.0 Å². The van der Waals surface area contributed by atoms with E-state index in [9.17, 15) is 0 Å². The monoisotopic (exact) mass is 266 g/mol. The highest BCUT2D eigenvalue weighted by Gasteiger charge is 2.39. The second kappa shape index (κ2) is 4.84. The van der Waals surface area contributed by atoms with Gasteiger partial charge in [0.05, 0.1) is 6.04 Å². The third-order valence-electron chi connectivity index (χ3n) is 3.86. The van der Waals surface area contributed by atoms with Gasteiger partial charge in [0.15, 0.2) is 0 Å². The summed E-state index contributed by atoms with van der Waals surface area (Å²) in [5, 5.41) is 0.796. The Labute approximate surface area is 115 Å². The van der Waals surface area contributed by atoms with Crippen LogP contribution in [-0.4, -0.2) is 23.0 Å². The van der Waals surface area contributed by atoms with Crippen molar-refractivity contribution in [2.75, 3.05) is 6.54 Å². The van der Waals surface area contributed by atoms with Crippen molar-refractivity contribution < 1.29 is 0 Å². The van der Waals surface area contributed by atoms with E-state index in [-0.39, 0.29) is 11.6 Å². The second-order valence-electron chi connectivity index (χ2n) is 6.26. The van der Waals surface area contributed by atoms with Crippen molar-refractivity contribution >= 4 is 11.6 Å². The molecule has 1 aromatic rings. The Hall–Kier alpha value is -0.570. The molecule has 2 rings (SSSR count). The van der Waals surface area contributed by atoms with Gasteiger partial charge in [-0.3, -0.25) is 4.90 Å².